The van der Waals surface area contributed by atoms with Gasteiger partial charge in [-0.2, -0.15) is 0 Å². The highest BCUT2D eigenvalue weighted by atomic mass is 35.5. The minimum Gasteiger partial charge on any atom is -0.339 e. The van der Waals surface area contributed by atoms with Gasteiger partial charge in [-0.1, -0.05) is 59.1 Å². The molecule has 6 heteroatoms. The Morgan fingerprint density at radius 2 is 1.54 bits per heavy atom. The summed E-state index contributed by atoms with van der Waals surface area (Å²) in [5.74, 6) is -0.0649. The molecular formula is C20H20Cl2N2O2. The Bertz CT molecular complexity index is 813. The van der Waals surface area contributed by atoms with Crippen LogP contribution in [0.2, 0.25) is 10.0 Å². The number of carbonyl (C=O) groups excluding carboxylic acids is 2. The van der Waals surface area contributed by atoms with Crippen LogP contribution in [0.1, 0.15) is 21.5 Å². The number of hydrogen-bond acceptors (Lipinski definition) is 2. The van der Waals surface area contributed by atoms with Crippen molar-refractivity contribution in [2.75, 3.05) is 26.2 Å². The zero-order valence-corrected chi connectivity index (χ0v) is 16.1. The van der Waals surface area contributed by atoms with Crippen LogP contribution in [0.3, 0.4) is 0 Å². The molecule has 0 saturated carbocycles. The van der Waals surface area contributed by atoms with E-state index in [-0.39, 0.29) is 16.8 Å². The first-order valence-corrected chi connectivity index (χ1v) is 9.28. The topological polar surface area (TPSA) is 40.6 Å². The monoisotopic (exact) mass is 390 g/mol. The zero-order chi connectivity index (χ0) is 18.7. The quantitative estimate of drug-likeness (QED) is 0.798. The summed E-state index contributed by atoms with van der Waals surface area (Å²) in [6.45, 7) is 4.04. The summed E-state index contributed by atoms with van der Waals surface area (Å²) in [7, 11) is 0. The Kier molecular flexibility index (Phi) is 5.84. The average Bonchev–Trinajstić information content (AvgIpc) is 2.65. The van der Waals surface area contributed by atoms with Gasteiger partial charge in [0, 0.05) is 26.2 Å². The van der Waals surface area contributed by atoms with Crippen molar-refractivity contribution in [2.24, 2.45) is 0 Å². The smallest absolute Gasteiger partial charge is 0.255 e. The molecule has 0 N–H and O–H groups in total. The molecule has 3 rings (SSSR count). The summed E-state index contributed by atoms with van der Waals surface area (Å²) in [4.78, 5) is 28.7. The SMILES string of the molecule is Cc1ccc(CC(=O)N2CCN(C(=O)c3cccc(Cl)c3Cl)CC2)cc1. The second-order valence-electron chi connectivity index (χ2n) is 6.44. The van der Waals surface area contributed by atoms with Gasteiger partial charge in [0.15, 0.2) is 0 Å². The third-order valence-corrected chi connectivity index (χ3v) is 5.40. The highest BCUT2D eigenvalue weighted by Gasteiger charge is 2.26. The van der Waals surface area contributed by atoms with Gasteiger partial charge in [-0.05, 0) is 24.6 Å². The van der Waals surface area contributed by atoms with E-state index in [0.29, 0.717) is 43.2 Å². The van der Waals surface area contributed by atoms with Gasteiger partial charge in [-0.15, -0.1) is 0 Å². The van der Waals surface area contributed by atoms with Gasteiger partial charge in [0.25, 0.3) is 5.91 Å². The first-order chi connectivity index (χ1) is 12.5. The minimum atomic E-state index is -0.150. The molecule has 1 fully saturated rings. The molecule has 4 nitrogen and oxygen atoms in total. The Hall–Kier alpha value is -2.04. The second kappa shape index (κ2) is 8.11. The molecule has 1 saturated heterocycles. The Balaban J connectivity index is 1.58. The third-order valence-electron chi connectivity index (χ3n) is 4.58. The number of rotatable bonds is 3. The van der Waals surface area contributed by atoms with Crippen LogP contribution in [0, 0.1) is 6.92 Å². The van der Waals surface area contributed by atoms with Crippen molar-refractivity contribution < 1.29 is 9.59 Å². The molecule has 0 unspecified atom stereocenters. The van der Waals surface area contributed by atoms with E-state index in [9.17, 15) is 9.59 Å². The highest BCUT2D eigenvalue weighted by molar-refractivity contribution is 6.43. The summed E-state index contributed by atoms with van der Waals surface area (Å²) in [6.07, 6.45) is 0.383. The van der Waals surface area contributed by atoms with E-state index in [1.165, 1.54) is 5.56 Å². The molecule has 1 heterocycles. The van der Waals surface area contributed by atoms with Crippen LogP contribution in [-0.4, -0.2) is 47.8 Å². The van der Waals surface area contributed by atoms with Crippen molar-refractivity contribution in [1.82, 2.24) is 9.80 Å². The molecule has 26 heavy (non-hydrogen) atoms. The van der Waals surface area contributed by atoms with Crippen LogP contribution in [0.25, 0.3) is 0 Å². The first kappa shape index (κ1) is 18.7. The van der Waals surface area contributed by atoms with Gasteiger partial charge in [-0.25, -0.2) is 0 Å². The highest BCUT2D eigenvalue weighted by Crippen LogP contribution is 2.26. The number of halogens is 2. The van der Waals surface area contributed by atoms with Crippen molar-refractivity contribution in [2.45, 2.75) is 13.3 Å². The normalized spacial score (nSPS) is 14.4. The zero-order valence-electron chi connectivity index (χ0n) is 14.5. The fourth-order valence-corrected chi connectivity index (χ4v) is 3.37. The maximum absolute atomic E-state index is 12.7. The Morgan fingerprint density at radius 1 is 0.923 bits per heavy atom. The minimum absolute atomic E-state index is 0.0849. The fraction of sp³-hybridized carbons (Fsp3) is 0.300. The average molecular weight is 391 g/mol. The fourth-order valence-electron chi connectivity index (χ4n) is 2.99. The molecule has 0 aromatic heterocycles. The number of carbonyl (C=O) groups is 2. The number of nitrogens with zero attached hydrogens (tertiary/aromatic N) is 2. The van der Waals surface area contributed by atoms with Gasteiger partial charge in [0.05, 0.1) is 22.0 Å². The molecule has 2 aromatic carbocycles. The van der Waals surface area contributed by atoms with E-state index in [1.54, 1.807) is 23.1 Å². The number of piperazine rings is 1. The molecule has 0 bridgehead atoms. The number of benzene rings is 2. The molecule has 0 spiro atoms. The third kappa shape index (κ3) is 4.19. The van der Waals surface area contributed by atoms with E-state index in [1.807, 2.05) is 36.1 Å². The van der Waals surface area contributed by atoms with Gasteiger partial charge < -0.3 is 9.80 Å². The molecule has 0 aliphatic carbocycles. The summed E-state index contributed by atoms with van der Waals surface area (Å²) < 4.78 is 0. The summed E-state index contributed by atoms with van der Waals surface area (Å²) in [5, 5.41) is 0.640. The molecule has 1 aliphatic heterocycles. The molecule has 1 aliphatic rings. The van der Waals surface area contributed by atoms with Crippen LogP contribution in [0.15, 0.2) is 42.5 Å². The van der Waals surface area contributed by atoms with Crippen molar-refractivity contribution in [3.63, 3.8) is 0 Å². The maximum Gasteiger partial charge on any atom is 0.255 e. The predicted molar refractivity (Wildman–Crippen MR) is 104 cm³/mol. The maximum atomic E-state index is 12.7. The summed E-state index contributed by atoms with van der Waals surface area (Å²) in [6, 6.07) is 13.0. The van der Waals surface area contributed by atoms with Crippen LogP contribution >= 0.6 is 23.2 Å². The van der Waals surface area contributed by atoms with Crippen LogP contribution in [-0.2, 0) is 11.2 Å². The van der Waals surface area contributed by atoms with E-state index in [2.05, 4.69) is 0 Å². The Morgan fingerprint density at radius 3 is 2.19 bits per heavy atom. The number of hydrogen-bond donors (Lipinski definition) is 0. The molecule has 0 radical (unpaired) electrons. The molecule has 2 aromatic rings. The Labute approximate surface area is 163 Å². The van der Waals surface area contributed by atoms with E-state index in [4.69, 9.17) is 23.2 Å². The van der Waals surface area contributed by atoms with Gasteiger partial charge in [-0.3, -0.25) is 9.59 Å². The number of amides is 2. The van der Waals surface area contributed by atoms with Crippen molar-refractivity contribution >= 4 is 35.0 Å². The largest absolute Gasteiger partial charge is 0.339 e. The second-order valence-corrected chi connectivity index (χ2v) is 7.22. The first-order valence-electron chi connectivity index (χ1n) is 8.52. The lowest BCUT2D eigenvalue weighted by atomic mass is 10.1. The summed E-state index contributed by atoms with van der Waals surface area (Å²) >= 11 is 12.1. The standard InChI is InChI=1S/C20H20Cl2N2O2/c1-14-5-7-15(8-6-14)13-18(25)23-9-11-24(12-10-23)20(26)16-3-2-4-17(21)19(16)22/h2-8H,9-13H2,1H3. The van der Waals surface area contributed by atoms with Gasteiger partial charge in [0.2, 0.25) is 5.91 Å². The van der Waals surface area contributed by atoms with Crippen LogP contribution < -0.4 is 0 Å². The van der Waals surface area contributed by atoms with Gasteiger partial charge in [0.1, 0.15) is 0 Å². The van der Waals surface area contributed by atoms with Crippen LogP contribution in [0.4, 0.5) is 0 Å². The lowest BCUT2D eigenvalue weighted by molar-refractivity contribution is -0.131. The van der Waals surface area contributed by atoms with Crippen molar-refractivity contribution in [1.29, 1.82) is 0 Å². The van der Waals surface area contributed by atoms with E-state index >= 15 is 0 Å². The van der Waals surface area contributed by atoms with Crippen molar-refractivity contribution in [3.05, 3.63) is 69.2 Å². The van der Waals surface area contributed by atoms with E-state index < -0.39 is 0 Å². The predicted octanol–water partition coefficient (Wildman–Crippen LogP) is 3.83. The number of aryl methyl sites for hydroxylation is 1. The lowest BCUT2D eigenvalue weighted by Gasteiger charge is -2.35. The van der Waals surface area contributed by atoms with Crippen molar-refractivity contribution in [3.8, 4) is 0 Å². The summed E-state index contributed by atoms with van der Waals surface area (Å²) in [5.41, 5.74) is 2.58. The van der Waals surface area contributed by atoms with Crippen LogP contribution in [0.5, 0.6) is 0 Å². The molecule has 0 atom stereocenters. The molecular weight excluding hydrogens is 371 g/mol. The molecule has 2 amide bonds. The van der Waals surface area contributed by atoms with E-state index in [0.717, 1.165) is 5.56 Å². The van der Waals surface area contributed by atoms with Gasteiger partial charge >= 0.3 is 0 Å². The lowest BCUT2D eigenvalue weighted by Crippen LogP contribution is -2.51. The molecule has 136 valence electrons.